The standard InChI is InChI=1S/C20H24N2O2.ClH.2H2O/c1-3-13-12-22-9-7-14(13)10-19(22)20(23)16-6-8-21-18-5-4-15(24-2)11-17(16)18;;;/h3-6,8,11,13-14,19-20,23H,1,7,9-10,12H2,2H3;1H;2*1H2/t13-,14?,19-,20+;;;/m0.../s1. The van der Waals surface area contributed by atoms with Crippen molar-refractivity contribution in [3.05, 3.63) is 48.7 Å². The highest BCUT2D eigenvalue weighted by molar-refractivity contribution is 5.85. The normalized spacial score (nSPS) is 26.9. The van der Waals surface area contributed by atoms with Crippen molar-refractivity contribution >= 4 is 23.3 Å². The summed E-state index contributed by atoms with van der Waals surface area (Å²) in [4.78, 5) is 6.86. The molecule has 150 valence electrons. The molecule has 3 fully saturated rings. The number of piperidine rings is 3. The minimum atomic E-state index is -0.504. The molecule has 3 saturated heterocycles. The van der Waals surface area contributed by atoms with Crippen LogP contribution >= 0.6 is 12.4 Å². The zero-order chi connectivity index (χ0) is 16.7. The average Bonchev–Trinajstić information content (AvgIpc) is 2.66. The highest BCUT2D eigenvalue weighted by atomic mass is 35.5. The third kappa shape index (κ3) is 4.10. The summed E-state index contributed by atoms with van der Waals surface area (Å²) in [7, 11) is 1.66. The molecular formula is C20H29ClN2O4. The lowest BCUT2D eigenvalue weighted by atomic mass is 9.73. The van der Waals surface area contributed by atoms with Gasteiger partial charge in [0.25, 0.3) is 0 Å². The lowest BCUT2D eigenvalue weighted by molar-refractivity contribution is -0.0444. The molecule has 2 unspecified atom stereocenters. The number of hydrogen-bond donors (Lipinski definition) is 1. The molecule has 5 N–H and O–H groups in total. The van der Waals surface area contributed by atoms with Gasteiger partial charge in [-0.25, -0.2) is 0 Å². The summed E-state index contributed by atoms with van der Waals surface area (Å²) in [6.45, 7) is 6.07. The highest BCUT2D eigenvalue weighted by Crippen LogP contribution is 2.42. The topological polar surface area (TPSA) is 109 Å². The van der Waals surface area contributed by atoms with E-state index in [1.54, 1.807) is 13.3 Å². The van der Waals surface area contributed by atoms with E-state index in [1.165, 1.54) is 6.42 Å². The Labute approximate surface area is 165 Å². The van der Waals surface area contributed by atoms with Gasteiger partial charge in [-0.15, -0.1) is 19.0 Å². The Balaban J connectivity index is 0.00000121. The quantitative estimate of drug-likeness (QED) is 0.796. The molecule has 2 bridgehead atoms. The van der Waals surface area contributed by atoms with Gasteiger partial charge in [0, 0.05) is 24.2 Å². The monoisotopic (exact) mass is 396 g/mol. The van der Waals surface area contributed by atoms with Crippen LogP contribution in [0.1, 0.15) is 24.5 Å². The first-order valence-electron chi connectivity index (χ1n) is 8.68. The second-order valence-corrected chi connectivity index (χ2v) is 6.97. The minimum Gasteiger partial charge on any atom is -0.497 e. The fraction of sp³-hybridized carbons (Fsp3) is 0.450. The summed E-state index contributed by atoms with van der Waals surface area (Å²) in [5.41, 5.74) is 1.85. The molecule has 3 aliphatic heterocycles. The van der Waals surface area contributed by atoms with Crippen LogP contribution in [0.5, 0.6) is 5.75 Å². The van der Waals surface area contributed by atoms with Crippen LogP contribution in [-0.4, -0.2) is 52.2 Å². The molecule has 2 aromatic rings. The Bertz CT molecular complexity index is 773. The molecule has 5 atom stereocenters. The number of halogens is 1. The molecular weight excluding hydrogens is 368 g/mol. The Morgan fingerprint density at radius 1 is 1.33 bits per heavy atom. The zero-order valence-electron chi connectivity index (χ0n) is 15.5. The molecule has 0 radical (unpaired) electrons. The van der Waals surface area contributed by atoms with Gasteiger partial charge in [-0.3, -0.25) is 9.88 Å². The predicted molar refractivity (Wildman–Crippen MR) is 110 cm³/mol. The smallest absolute Gasteiger partial charge is 0.119 e. The molecule has 0 spiro atoms. The largest absolute Gasteiger partial charge is 0.497 e. The van der Waals surface area contributed by atoms with E-state index in [1.807, 2.05) is 24.3 Å². The zero-order valence-corrected chi connectivity index (χ0v) is 16.3. The second-order valence-electron chi connectivity index (χ2n) is 6.97. The van der Waals surface area contributed by atoms with Gasteiger partial charge in [-0.2, -0.15) is 0 Å². The molecule has 1 aromatic carbocycles. The summed E-state index contributed by atoms with van der Waals surface area (Å²) >= 11 is 0. The van der Waals surface area contributed by atoms with E-state index in [0.717, 1.165) is 41.7 Å². The van der Waals surface area contributed by atoms with Crippen molar-refractivity contribution < 1.29 is 20.8 Å². The maximum atomic E-state index is 11.2. The molecule has 27 heavy (non-hydrogen) atoms. The summed E-state index contributed by atoms with van der Waals surface area (Å²) in [6.07, 6.45) is 5.62. The maximum absolute atomic E-state index is 11.2. The van der Waals surface area contributed by atoms with E-state index in [-0.39, 0.29) is 29.4 Å². The van der Waals surface area contributed by atoms with Crippen molar-refractivity contribution in [1.29, 1.82) is 0 Å². The molecule has 3 aliphatic rings. The van der Waals surface area contributed by atoms with Crippen molar-refractivity contribution in [2.45, 2.75) is 25.0 Å². The number of aromatic nitrogens is 1. The Kier molecular flexibility index (Phi) is 8.20. The Hall–Kier alpha value is -1.70. The van der Waals surface area contributed by atoms with Gasteiger partial charge in [0.05, 0.1) is 18.7 Å². The number of hydrogen-bond acceptors (Lipinski definition) is 4. The van der Waals surface area contributed by atoms with E-state index in [4.69, 9.17) is 4.74 Å². The Morgan fingerprint density at radius 2 is 2.11 bits per heavy atom. The number of ether oxygens (including phenoxy) is 1. The number of pyridine rings is 1. The lowest BCUT2D eigenvalue weighted by Gasteiger charge is -2.50. The van der Waals surface area contributed by atoms with Crippen LogP contribution in [0.3, 0.4) is 0 Å². The van der Waals surface area contributed by atoms with Gasteiger partial charge in [0.2, 0.25) is 0 Å². The molecule has 7 heteroatoms. The van der Waals surface area contributed by atoms with Gasteiger partial charge in [-0.1, -0.05) is 6.08 Å². The van der Waals surface area contributed by atoms with Gasteiger partial charge >= 0.3 is 0 Å². The van der Waals surface area contributed by atoms with Crippen LogP contribution in [0.25, 0.3) is 10.9 Å². The number of fused-ring (bicyclic) bond motifs is 4. The van der Waals surface area contributed by atoms with Crippen LogP contribution < -0.4 is 4.74 Å². The van der Waals surface area contributed by atoms with Crippen LogP contribution in [0, 0.1) is 11.8 Å². The third-order valence-electron chi connectivity index (χ3n) is 5.82. The van der Waals surface area contributed by atoms with E-state index >= 15 is 0 Å². The van der Waals surface area contributed by atoms with Gasteiger partial charge in [0.15, 0.2) is 0 Å². The van der Waals surface area contributed by atoms with Crippen LogP contribution in [-0.2, 0) is 0 Å². The number of benzene rings is 1. The van der Waals surface area contributed by atoms with Crippen LogP contribution in [0.2, 0.25) is 0 Å². The summed E-state index contributed by atoms with van der Waals surface area (Å²) in [5, 5.41) is 12.1. The van der Waals surface area contributed by atoms with Gasteiger partial charge in [0.1, 0.15) is 5.75 Å². The van der Waals surface area contributed by atoms with Crippen molar-refractivity contribution in [2.75, 3.05) is 20.2 Å². The number of aliphatic hydroxyl groups excluding tert-OH is 1. The van der Waals surface area contributed by atoms with E-state index in [9.17, 15) is 5.11 Å². The fourth-order valence-corrected chi connectivity index (χ4v) is 4.44. The summed E-state index contributed by atoms with van der Waals surface area (Å²) in [5.74, 6) is 2.01. The summed E-state index contributed by atoms with van der Waals surface area (Å²) < 4.78 is 5.35. The first-order valence-corrected chi connectivity index (χ1v) is 8.68. The highest BCUT2D eigenvalue weighted by Gasteiger charge is 2.42. The first-order chi connectivity index (χ1) is 11.7. The second kappa shape index (κ2) is 9.48. The van der Waals surface area contributed by atoms with E-state index in [2.05, 4.69) is 22.5 Å². The lowest BCUT2D eigenvalue weighted by Crippen LogP contribution is -2.54. The molecule has 1 aromatic heterocycles. The fourth-order valence-electron chi connectivity index (χ4n) is 4.44. The molecule has 0 saturated carbocycles. The van der Waals surface area contributed by atoms with Crippen molar-refractivity contribution in [3.63, 3.8) is 0 Å². The Morgan fingerprint density at radius 3 is 2.74 bits per heavy atom. The summed E-state index contributed by atoms with van der Waals surface area (Å²) in [6, 6.07) is 7.96. The minimum absolute atomic E-state index is 0. The molecule has 0 aliphatic carbocycles. The number of nitrogens with zero attached hydrogens (tertiary/aromatic N) is 2. The average molecular weight is 397 g/mol. The molecule has 6 nitrogen and oxygen atoms in total. The third-order valence-corrected chi connectivity index (χ3v) is 5.82. The number of aliphatic hydroxyl groups is 1. The predicted octanol–water partition coefficient (Wildman–Crippen LogP) is 1.95. The van der Waals surface area contributed by atoms with Gasteiger partial charge in [-0.05, 0) is 61.1 Å². The number of rotatable bonds is 4. The van der Waals surface area contributed by atoms with Crippen molar-refractivity contribution in [2.24, 2.45) is 11.8 Å². The van der Waals surface area contributed by atoms with Crippen molar-refractivity contribution in [3.8, 4) is 5.75 Å². The van der Waals surface area contributed by atoms with Gasteiger partial charge < -0.3 is 20.8 Å². The SMILES string of the molecule is C=C[C@H]1CN2CCC1C[C@H]2[C@H](O)c1ccnc2ccc(OC)cc12.Cl.O.O. The van der Waals surface area contributed by atoms with Crippen molar-refractivity contribution in [1.82, 2.24) is 9.88 Å². The molecule has 4 heterocycles. The first kappa shape index (κ1) is 23.3. The molecule has 0 amide bonds. The van der Waals surface area contributed by atoms with E-state index < -0.39 is 6.10 Å². The molecule has 5 rings (SSSR count). The van der Waals surface area contributed by atoms with E-state index in [0.29, 0.717) is 11.8 Å². The number of methoxy groups -OCH3 is 1. The van der Waals surface area contributed by atoms with Crippen LogP contribution in [0.4, 0.5) is 0 Å². The van der Waals surface area contributed by atoms with Crippen LogP contribution in [0.15, 0.2) is 43.1 Å². The maximum Gasteiger partial charge on any atom is 0.119 e.